The van der Waals surface area contributed by atoms with Gasteiger partial charge < -0.3 is 10.5 Å². The topological polar surface area (TPSA) is 35.2 Å². The molecule has 2 N–H and O–H groups in total. The van der Waals surface area contributed by atoms with Crippen LogP contribution in [0.1, 0.15) is 18.5 Å². The number of hydrogen-bond acceptors (Lipinski definition) is 2. The van der Waals surface area contributed by atoms with Crippen LogP contribution in [0.5, 0.6) is 11.5 Å². The predicted molar refractivity (Wildman–Crippen MR) is 70.5 cm³/mol. The van der Waals surface area contributed by atoms with Gasteiger partial charge in [0.2, 0.25) is 0 Å². The molecule has 0 aromatic heterocycles. The second-order valence-corrected chi connectivity index (χ2v) is 4.56. The zero-order chi connectivity index (χ0) is 14.0. The minimum atomic E-state index is -0.546. The van der Waals surface area contributed by atoms with E-state index in [1.807, 2.05) is 0 Å². The van der Waals surface area contributed by atoms with Gasteiger partial charge in [0.05, 0.1) is 5.02 Å². The van der Waals surface area contributed by atoms with Crippen molar-refractivity contribution < 1.29 is 13.5 Å². The summed E-state index contributed by atoms with van der Waals surface area (Å²) >= 11 is 5.81. The molecule has 0 saturated heterocycles. The van der Waals surface area contributed by atoms with E-state index in [1.54, 1.807) is 13.0 Å². The Labute approximate surface area is 114 Å². The molecule has 0 amide bonds. The van der Waals surface area contributed by atoms with Gasteiger partial charge in [-0.2, -0.15) is 0 Å². The van der Waals surface area contributed by atoms with Gasteiger partial charge in [-0.1, -0.05) is 17.7 Å². The van der Waals surface area contributed by atoms with Crippen LogP contribution in [0.2, 0.25) is 5.02 Å². The van der Waals surface area contributed by atoms with E-state index in [-0.39, 0.29) is 22.6 Å². The summed E-state index contributed by atoms with van der Waals surface area (Å²) in [4.78, 5) is 0. The molecule has 0 aliphatic rings. The Bertz CT molecular complexity index is 602. The van der Waals surface area contributed by atoms with Crippen molar-refractivity contribution >= 4 is 11.6 Å². The zero-order valence-corrected chi connectivity index (χ0v) is 10.9. The van der Waals surface area contributed by atoms with Gasteiger partial charge >= 0.3 is 0 Å². The molecule has 0 heterocycles. The molecular formula is C14H12ClF2NO. The van der Waals surface area contributed by atoms with Crippen molar-refractivity contribution in [1.82, 2.24) is 0 Å². The highest BCUT2D eigenvalue weighted by molar-refractivity contribution is 6.32. The molecule has 0 radical (unpaired) electrons. The summed E-state index contributed by atoms with van der Waals surface area (Å²) in [7, 11) is 0. The number of nitrogens with two attached hydrogens (primary N) is 1. The SMILES string of the molecule is C[C@H](N)c1ccc(Oc2ccc(F)cc2Cl)c(F)c1. The Hall–Kier alpha value is -1.65. The van der Waals surface area contributed by atoms with Crippen LogP contribution >= 0.6 is 11.6 Å². The maximum atomic E-state index is 13.8. The third-order valence-electron chi connectivity index (χ3n) is 2.60. The van der Waals surface area contributed by atoms with Gasteiger partial charge in [0.1, 0.15) is 11.6 Å². The Morgan fingerprint density at radius 3 is 2.37 bits per heavy atom. The van der Waals surface area contributed by atoms with Crippen LogP contribution in [0, 0.1) is 11.6 Å². The Morgan fingerprint density at radius 1 is 1.11 bits per heavy atom. The molecule has 2 rings (SSSR count). The molecule has 0 fully saturated rings. The first-order valence-corrected chi connectivity index (χ1v) is 6.03. The summed E-state index contributed by atoms with van der Waals surface area (Å²) in [5.74, 6) is -0.825. The van der Waals surface area contributed by atoms with Crippen LogP contribution in [0.3, 0.4) is 0 Å². The average molecular weight is 284 g/mol. The van der Waals surface area contributed by atoms with Crippen molar-refractivity contribution in [2.45, 2.75) is 13.0 Å². The lowest BCUT2D eigenvalue weighted by molar-refractivity contribution is 0.440. The van der Waals surface area contributed by atoms with E-state index in [0.717, 1.165) is 6.07 Å². The summed E-state index contributed by atoms with van der Waals surface area (Å²) in [6.07, 6.45) is 0. The van der Waals surface area contributed by atoms with Gasteiger partial charge in [-0.05, 0) is 42.8 Å². The van der Waals surface area contributed by atoms with Crippen molar-refractivity contribution in [3.05, 3.63) is 58.6 Å². The first-order valence-electron chi connectivity index (χ1n) is 5.65. The maximum Gasteiger partial charge on any atom is 0.166 e. The summed E-state index contributed by atoms with van der Waals surface area (Å²) in [5, 5.41) is 0.0793. The molecule has 100 valence electrons. The minimum Gasteiger partial charge on any atom is -0.453 e. The fourth-order valence-electron chi connectivity index (χ4n) is 1.56. The molecule has 0 spiro atoms. The lowest BCUT2D eigenvalue weighted by Gasteiger charge is -2.11. The summed E-state index contributed by atoms with van der Waals surface area (Å²) in [6.45, 7) is 1.76. The van der Waals surface area contributed by atoms with E-state index < -0.39 is 11.6 Å². The minimum absolute atomic E-state index is 0.0120. The molecular weight excluding hydrogens is 272 g/mol. The van der Waals surface area contributed by atoms with Crippen molar-refractivity contribution in [2.75, 3.05) is 0 Å². The highest BCUT2D eigenvalue weighted by Crippen LogP contribution is 2.31. The van der Waals surface area contributed by atoms with Gasteiger partial charge in [-0.15, -0.1) is 0 Å². The molecule has 5 heteroatoms. The molecule has 0 saturated carbocycles. The van der Waals surface area contributed by atoms with E-state index in [4.69, 9.17) is 22.1 Å². The van der Waals surface area contributed by atoms with E-state index >= 15 is 0 Å². The zero-order valence-electron chi connectivity index (χ0n) is 10.2. The molecule has 19 heavy (non-hydrogen) atoms. The molecule has 2 aromatic carbocycles. The highest BCUT2D eigenvalue weighted by Gasteiger charge is 2.10. The van der Waals surface area contributed by atoms with Crippen LogP contribution < -0.4 is 10.5 Å². The number of hydrogen-bond donors (Lipinski definition) is 1. The lowest BCUT2D eigenvalue weighted by atomic mass is 10.1. The van der Waals surface area contributed by atoms with Crippen LogP contribution in [0.25, 0.3) is 0 Å². The van der Waals surface area contributed by atoms with Gasteiger partial charge in [-0.25, -0.2) is 8.78 Å². The third-order valence-corrected chi connectivity index (χ3v) is 2.89. The fraction of sp³-hybridized carbons (Fsp3) is 0.143. The monoisotopic (exact) mass is 283 g/mol. The van der Waals surface area contributed by atoms with Crippen molar-refractivity contribution in [1.29, 1.82) is 0 Å². The molecule has 0 aliphatic carbocycles. The second kappa shape index (κ2) is 5.55. The second-order valence-electron chi connectivity index (χ2n) is 4.16. The number of rotatable bonds is 3. The van der Waals surface area contributed by atoms with Crippen LogP contribution in [0.15, 0.2) is 36.4 Å². The Morgan fingerprint density at radius 2 is 1.79 bits per heavy atom. The lowest BCUT2D eigenvalue weighted by Crippen LogP contribution is -2.05. The number of ether oxygens (including phenoxy) is 1. The average Bonchev–Trinajstić information content (AvgIpc) is 2.34. The van der Waals surface area contributed by atoms with Crippen molar-refractivity contribution in [3.63, 3.8) is 0 Å². The number of halogens is 3. The molecule has 0 aliphatic heterocycles. The smallest absolute Gasteiger partial charge is 0.166 e. The molecule has 2 aromatic rings. The predicted octanol–water partition coefficient (Wildman–Crippen LogP) is 4.43. The van der Waals surface area contributed by atoms with E-state index in [9.17, 15) is 8.78 Å². The summed E-state index contributed by atoms with van der Waals surface area (Å²) < 4.78 is 32.0. The first kappa shape index (κ1) is 13.8. The highest BCUT2D eigenvalue weighted by atomic mass is 35.5. The first-order chi connectivity index (χ1) is 8.97. The van der Waals surface area contributed by atoms with E-state index in [1.165, 1.54) is 24.3 Å². The van der Waals surface area contributed by atoms with Gasteiger partial charge in [-0.3, -0.25) is 0 Å². The maximum absolute atomic E-state index is 13.8. The quantitative estimate of drug-likeness (QED) is 0.904. The third kappa shape index (κ3) is 3.22. The van der Waals surface area contributed by atoms with Crippen LogP contribution in [-0.4, -0.2) is 0 Å². The van der Waals surface area contributed by atoms with Crippen LogP contribution in [-0.2, 0) is 0 Å². The van der Waals surface area contributed by atoms with Gasteiger partial charge in [0.15, 0.2) is 11.6 Å². The van der Waals surface area contributed by atoms with Crippen LogP contribution in [0.4, 0.5) is 8.78 Å². The molecule has 0 unspecified atom stereocenters. The van der Waals surface area contributed by atoms with Gasteiger partial charge in [0.25, 0.3) is 0 Å². The Kier molecular flexibility index (Phi) is 4.02. The number of benzene rings is 2. The van der Waals surface area contributed by atoms with E-state index in [0.29, 0.717) is 5.56 Å². The van der Waals surface area contributed by atoms with Crippen molar-refractivity contribution in [3.8, 4) is 11.5 Å². The summed E-state index contributed by atoms with van der Waals surface area (Å²) in [5.41, 5.74) is 6.32. The molecule has 0 bridgehead atoms. The molecule has 2 nitrogen and oxygen atoms in total. The van der Waals surface area contributed by atoms with Crippen molar-refractivity contribution in [2.24, 2.45) is 5.73 Å². The molecule has 1 atom stereocenters. The van der Waals surface area contributed by atoms with Gasteiger partial charge in [0, 0.05) is 6.04 Å². The normalized spacial score (nSPS) is 12.3. The summed E-state index contributed by atoms with van der Waals surface area (Å²) in [6, 6.07) is 7.81. The van der Waals surface area contributed by atoms with E-state index in [2.05, 4.69) is 0 Å². The Balaban J connectivity index is 2.28. The standard InChI is InChI=1S/C14H12ClF2NO/c1-8(18)9-2-4-14(12(17)6-9)19-13-5-3-10(16)7-11(13)15/h2-8H,18H2,1H3/t8-/m0/s1. The fourth-order valence-corrected chi connectivity index (χ4v) is 1.77. The largest absolute Gasteiger partial charge is 0.453 e.